The number of carbonyl (C=O) groups excluding carboxylic acids is 1. The van der Waals surface area contributed by atoms with Crippen LogP contribution in [-0.2, 0) is 23.2 Å². The summed E-state index contributed by atoms with van der Waals surface area (Å²) in [6.45, 7) is 6.31. The number of fused-ring (bicyclic) bond motifs is 3. The van der Waals surface area contributed by atoms with Crippen LogP contribution in [0.5, 0.6) is 0 Å². The van der Waals surface area contributed by atoms with Crippen molar-refractivity contribution in [2.24, 2.45) is 5.10 Å². The molecule has 6 rings (SSSR count). The molecule has 4 aromatic rings. The highest BCUT2D eigenvalue weighted by atomic mass is 16.6. The first kappa shape index (κ1) is 29.2. The van der Waals surface area contributed by atoms with E-state index in [9.17, 15) is 14.7 Å². The van der Waals surface area contributed by atoms with Crippen LogP contribution in [0.3, 0.4) is 0 Å². The number of carbonyl (C=O) groups is 2. The Morgan fingerprint density at radius 3 is 1.93 bits per heavy atom. The highest BCUT2D eigenvalue weighted by Crippen LogP contribution is 2.47. The third-order valence-corrected chi connectivity index (χ3v) is 8.21. The molecule has 2 aliphatic rings. The Hall–Kier alpha value is -4.92. The highest BCUT2D eigenvalue weighted by molar-refractivity contribution is 5.96. The number of hydrazone groups is 1. The molecule has 2 N–H and O–H groups in total. The second kappa shape index (κ2) is 11.6. The van der Waals surface area contributed by atoms with E-state index < -0.39 is 23.2 Å². The Labute approximate surface area is 257 Å². The van der Waals surface area contributed by atoms with Crippen LogP contribution in [0.1, 0.15) is 71.5 Å². The van der Waals surface area contributed by atoms with Crippen molar-refractivity contribution in [3.05, 3.63) is 125 Å². The number of alkyl carbamates (subject to hydrolysis) is 1. The van der Waals surface area contributed by atoms with E-state index in [1.807, 2.05) is 18.2 Å². The fourth-order valence-electron chi connectivity index (χ4n) is 6.49. The van der Waals surface area contributed by atoms with Crippen molar-refractivity contribution in [1.82, 2.24) is 20.1 Å². The van der Waals surface area contributed by atoms with Gasteiger partial charge in [0, 0.05) is 17.8 Å². The lowest BCUT2D eigenvalue weighted by Gasteiger charge is -2.42. The van der Waals surface area contributed by atoms with Crippen LogP contribution >= 0.6 is 0 Å². The molecule has 1 atom stereocenters. The SMILES string of the molecule is CC(C)(C)OC(=O)NCCn1nc2c(c1C(=O)O)CCC1=NN(C(c3ccccc3)(c3ccccc3)c3ccccc3)CC12. The van der Waals surface area contributed by atoms with Crippen LogP contribution in [0, 0.1) is 0 Å². The van der Waals surface area contributed by atoms with Crippen molar-refractivity contribution in [3.8, 4) is 0 Å². The lowest BCUT2D eigenvalue weighted by molar-refractivity contribution is 0.0525. The third-order valence-electron chi connectivity index (χ3n) is 8.21. The number of amides is 1. The summed E-state index contributed by atoms with van der Waals surface area (Å²) in [5, 5.41) is 25.3. The second-order valence-electron chi connectivity index (χ2n) is 12.2. The largest absolute Gasteiger partial charge is 0.477 e. The maximum absolute atomic E-state index is 12.5. The normalized spacial score (nSPS) is 16.1. The molecule has 0 radical (unpaired) electrons. The first-order valence-corrected chi connectivity index (χ1v) is 15.0. The van der Waals surface area contributed by atoms with Gasteiger partial charge in [0.25, 0.3) is 0 Å². The van der Waals surface area contributed by atoms with E-state index in [0.29, 0.717) is 19.4 Å². The maximum atomic E-state index is 12.5. The van der Waals surface area contributed by atoms with Crippen molar-refractivity contribution < 1.29 is 19.4 Å². The van der Waals surface area contributed by atoms with Crippen LogP contribution in [0.15, 0.2) is 96.1 Å². The number of nitrogens with one attached hydrogen (secondary N) is 1. The Bertz CT molecular complexity index is 1580. The van der Waals surface area contributed by atoms with Gasteiger partial charge in [-0.15, -0.1) is 0 Å². The predicted octanol–water partition coefficient (Wildman–Crippen LogP) is 5.80. The van der Waals surface area contributed by atoms with E-state index >= 15 is 0 Å². The summed E-state index contributed by atoms with van der Waals surface area (Å²) in [6.07, 6.45) is 0.630. The smallest absolute Gasteiger partial charge is 0.407 e. The van der Waals surface area contributed by atoms with Gasteiger partial charge in [-0.1, -0.05) is 91.0 Å². The summed E-state index contributed by atoms with van der Waals surface area (Å²) in [5.74, 6) is -1.19. The number of ether oxygens (including phenoxy) is 1. The molecule has 9 heteroatoms. The van der Waals surface area contributed by atoms with E-state index in [2.05, 4.69) is 83.1 Å². The molecule has 1 aromatic heterocycles. The molecular formula is C35H37N5O4. The van der Waals surface area contributed by atoms with Gasteiger partial charge in [0.2, 0.25) is 0 Å². The first-order chi connectivity index (χ1) is 21.2. The third kappa shape index (κ3) is 5.34. The molecule has 1 unspecified atom stereocenters. The predicted molar refractivity (Wildman–Crippen MR) is 168 cm³/mol. The molecule has 1 aliphatic heterocycles. The van der Waals surface area contributed by atoms with E-state index in [4.69, 9.17) is 14.9 Å². The van der Waals surface area contributed by atoms with Crippen LogP contribution in [0.25, 0.3) is 0 Å². The van der Waals surface area contributed by atoms with Gasteiger partial charge in [0.05, 0.1) is 24.7 Å². The van der Waals surface area contributed by atoms with Gasteiger partial charge in [-0.3, -0.25) is 9.69 Å². The van der Waals surface area contributed by atoms with Crippen molar-refractivity contribution in [3.63, 3.8) is 0 Å². The molecule has 226 valence electrons. The minimum atomic E-state index is -1.03. The minimum absolute atomic E-state index is 0.160. The molecule has 1 aliphatic carbocycles. The van der Waals surface area contributed by atoms with E-state index in [1.54, 1.807) is 20.8 Å². The number of rotatable bonds is 8. The van der Waals surface area contributed by atoms with Gasteiger partial charge in [0.1, 0.15) is 16.8 Å². The van der Waals surface area contributed by atoms with Gasteiger partial charge >= 0.3 is 12.1 Å². The molecule has 3 aromatic carbocycles. The van der Waals surface area contributed by atoms with Gasteiger partial charge in [-0.05, 0) is 50.3 Å². The van der Waals surface area contributed by atoms with Gasteiger partial charge in [0.15, 0.2) is 0 Å². The molecule has 0 spiro atoms. The van der Waals surface area contributed by atoms with Crippen molar-refractivity contribution >= 4 is 17.8 Å². The molecule has 1 amide bonds. The number of carboxylic acid groups (broad SMARTS) is 1. The van der Waals surface area contributed by atoms with Crippen molar-refractivity contribution in [1.29, 1.82) is 0 Å². The number of benzene rings is 3. The molecule has 2 heterocycles. The van der Waals surface area contributed by atoms with Crippen LogP contribution in [0.2, 0.25) is 0 Å². The zero-order valence-corrected chi connectivity index (χ0v) is 25.2. The zero-order chi connectivity index (χ0) is 30.9. The lowest BCUT2D eigenvalue weighted by Crippen LogP contribution is -2.45. The van der Waals surface area contributed by atoms with E-state index in [1.165, 1.54) is 4.68 Å². The molecule has 0 saturated carbocycles. The number of aromatic nitrogens is 2. The summed E-state index contributed by atoms with van der Waals surface area (Å²) >= 11 is 0. The zero-order valence-electron chi connectivity index (χ0n) is 25.2. The number of hydrogen-bond acceptors (Lipinski definition) is 6. The monoisotopic (exact) mass is 591 g/mol. The summed E-state index contributed by atoms with van der Waals surface area (Å²) in [5.41, 5.74) is 4.58. The minimum Gasteiger partial charge on any atom is -0.477 e. The first-order valence-electron chi connectivity index (χ1n) is 15.0. The fourth-order valence-corrected chi connectivity index (χ4v) is 6.49. The average Bonchev–Trinajstić information content (AvgIpc) is 3.60. The number of hydrogen-bond donors (Lipinski definition) is 2. The Kier molecular flexibility index (Phi) is 7.71. The van der Waals surface area contributed by atoms with Crippen molar-refractivity contribution in [2.45, 2.75) is 57.2 Å². The standard InChI is InChI=1S/C35H37N5O4/c1-34(2,3)44-33(43)36-21-22-39-31(32(41)42)27-19-20-29-28(30(27)38-39)23-40(37-29)35(24-13-7-4-8-14-24,25-15-9-5-10-16-25)26-17-11-6-12-18-26/h4-18,28H,19-23H2,1-3H3,(H,36,43)(H,41,42). The van der Waals surface area contributed by atoms with Gasteiger partial charge < -0.3 is 15.2 Å². The molecular weight excluding hydrogens is 554 g/mol. The van der Waals surface area contributed by atoms with Crippen LogP contribution in [0.4, 0.5) is 4.79 Å². The highest BCUT2D eigenvalue weighted by Gasteiger charge is 2.48. The Balaban J connectivity index is 1.38. The van der Waals surface area contributed by atoms with Gasteiger partial charge in [-0.25, -0.2) is 9.59 Å². The number of carboxylic acids is 1. The van der Waals surface area contributed by atoms with Crippen LogP contribution < -0.4 is 5.32 Å². The van der Waals surface area contributed by atoms with Crippen LogP contribution in [-0.4, -0.2) is 56.4 Å². The number of aromatic carboxylic acids is 1. The molecule has 9 nitrogen and oxygen atoms in total. The maximum Gasteiger partial charge on any atom is 0.407 e. The topological polar surface area (TPSA) is 109 Å². The molecule has 0 bridgehead atoms. The fraction of sp³-hybridized carbons (Fsp3) is 0.314. The second-order valence-corrected chi connectivity index (χ2v) is 12.2. The summed E-state index contributed by atoms with van der Waals surface area (Å²) in [6, 6.07) is 31.2. The van der Waals surface area contributed by atoms with E-state index in [0.717, 1.165) is 33.7 Å². The average molecular weight is 592 g/mol. The molecule has 44 heavy (non-hydrogen) atoms. The molecule has 0 fully saturated rings. The molecule has 0 saturated heterocycles. The summed E-state index contributed by atoms with van der Waals surface area (Å²) in [7, 11) is 0. The van der Waals surface area contributed by atoms with Gasteiger partial charge in [-0.2, -0.15) is 10.2 Å². The summed E-state index contributed by atoms with van der Waals surface area (Å²) in [4.78, 5) is 24.7. The quantitative estimate of drug-likeness (QED) is 0.251. The van der Waals surface area contributed by atoms with E-state index in [-0.39, 0.29) is 24.7 Å². The Morgan fingerprint density at radius 2 is 1.43 bits per heavy atom. The lowest BCUT2D eigenvalue weighted by atomic mass is 9.76. The number of nitrogens with zero attached hydrogens (tertiary/aromatic N) is 4. The van der Waals surface area contributed by atoms with Crippen molar-refractivity contribution in [2.75, 3.05) is 13.1 Å². The summed E-state index contributed by atoms with van der Waals surface area (Å²) < 4.78 is 6.84. The Morgan fingerprint density at radius 1 is 0.886 bits per heavy atom.